The number of aromatic amines is 1. The fourth-order valence-electron chi connectivity index (χ4n) is 4.25. The lowest BCUT2D eigenvalue weighted by molar-refractivity contribution is -0.549. The van der Waals surface area contributed by atoms with Crippen molar-refractivity contribution >= 4 is 29.1 Å². The van der Waals surface area contributed by atoms with Crippen molar-refractivity contribution in [3.63, 3.8) is 0 Å². The zero-order chi connectivity index (χ0) is 16.8. The Kier molecular flexibility index (Phi) is 3.56. The number of nitrogens with one attached hydrogen (secondary N) is 1. The van der Waals surface area contributed by atoms with Crippen molar-refractivity contribution in [3.8, 4) is 0 Å². The number of aromatic nitrogens is 1. The van der Waals surface area contributed by atoms with Crippen molar-refractivity contribution in [2.75, 3.05) is 19.6 Å². The Balaban J connectivity index is 1.82. The summed E-state index contributed by atoms with van der Waals surface area (Å²) in [6.07, 6.45) is 5.28. The summed E-state index contributed by atoms with van der Waals surface area (Å²) in [7, 11) is 0. The Labute approximate surface area is 142 Å². The van der Waals surface area contributed by atoms with Gasteiger partial charge in [-0.25, -0.2) is 4.58 Å². The Morgan fingerprint density at radius 2 is 2.17 bits per heavy atom. The summed E-state index contributed by atoms with van der Waals surface area (Å²) in [6.45, 7) is 10.5. The van der Waals surface area contributed by atoms with Crippen molar-refractivity contribution in [1.29, 1.82) is 0 Å². The average Bonchev–Trinajstić information content (AvgIpc) is 3.01. The van der Waals surface area contributed by atoms with E-state index in [1.54, 1.807) is 0 Å². The van der Waals surface area contributed by atoms with E-state index in [-0.39, 0.29) is 17.9 Å². The van der Waals surface area contributed by atoms with Crippen LogP contribution in [0, 0.1) is 5.92 Å². The van der Waals surface area contributed by atoms with Crippen molar-refractivity contribution in [1.82, 2.24) is 9.88 Å². The highest BCUT2D eigenvalue weighted by molar-refractivity contribution is 5.99. The first-order valence-electron chi connectivity index (χ1n) is 8.81. The van der Waals surface area contributed by atoms with Crippen LogP contribution in [-0.4, -0.2) is 52.8 Å². The van der Waals surface area contributed by atoms with Crippen molar-refractivity contribution in [2.24, 2.45) is 5.92 Å². The molecule has 2 heterocycles. The minimum absolute atomic E-state index is 0.107. The molecule has 1 aromatic heterocycles. The molecule has 0 spiro atoms. The molecule has 4 rings (SSSR count). The number of hydrogen-bond acceptors (Lipinski definition) is 1. The van der Waals surface area contributed by atoms with Crippen LogP contribution in [0.3, 0.4) is 0 Å². The largest absolute Gasteiger partial charge is 0.361 e. The van der Waals surface area contributed by atoms with Crippen LogP contribution >= 0.6 is 0 Å². The fourth-order valence-corrected chi connectivity index (χ4v) is 4.25. The van der Waals surface area contributed by atoms with Crippen LogP contribution in [0.2, 0.25) is 0 Å². The molecule has 0 saturated heterocycles. The monoisotopic (exact) mass is 322 g/mol. The second-order valence-corrected chi connectivity index (χ2v) is 6.77. The maximum atomic E-state index is 12.8. The van der Waals surface area contributed by atoms with Gasteiger partial charge in [-0.05, 0) is 31.0 Å². The summed E-state index contributed by atoms with van der Waals surface area (Å²) >= 11 is 0. The van der Waals surface area contributed by atoms with Gasteiger partial charge in [-0.2, -0.15) is 0 Å². The maximum Gasteiger partial charge on any atom is 0.235 e. The van der Waals surface area contributed by atoms with Crippen molar-refractivity contribution in [3.05, 3.63) is 41.6 Å². The number of hydrogen-bond donors (Lipinski definition) is 1. The van der Waals surface area contributed by atoms with Gasteiger partial charge in [-0.1, -0.05) is 18.2 Å². The van der Waals surface area contributed by atoms with E-state index in [2.05, 4.69) is 46.7 Å². The maximum absolute atomic E-state index is 12.8. The molecule has 1 N–H and O–H groups in total. The molecule has 0 saturated carbocycles. The van der Waals surface area contributed by atoms with E-state index in [0.29, 0.717) is 6.54 Å². The third-order valence-corrected chi connectivity index (χ3v) is 5.52. The smallest absolute Gasteiger partial charge is 0.235 e. The molecule has 124 valence electrons. The molecule has 0 radical (unpaired) electrons. The van der Waals surface area contributed by atoms with E-state index in [1.165, 1.54) is 27.6 Å². The lowest BCUT2D eigenvalue weighted by Crippen LogP contribution is -2.44. The van der Waals surface area contributed by atoms with E-state index in [4.69, 9.17) is 0 Å². The fraction of sp³-hybridized carbons (Fsp3) is 0.400. The van der Waals surface area contributed by atoms with Gasteiger partial charge in [0.1, 0.15) is 12.6 Å². The van der Waals surface area contributed by atoms with Crippen molar-refractivity contribution < 1.29 is 9.37 Å². The van der Waals surface area contributed by atoms with Crippen LogP contribution in [0.15, 0.2) is 30.5 Å². The summed E-state index contributed by atoms with van der Waals surface area (Å²) < 4.78 is 2.11. The van der Waals surface area contributed by atoms with E-state index in [9.17, 15) is 4.79 Å². The highest BCUT2D eigenvalue weighted by Gasteiger charge is 2.40. The molecular formula is C20H24N3O+. The van der Waals surface area contributed by atoms with E-state index in [1.807, 2.05) is 18.7 Å². The molecule has 2 aromatic rings. The zero-order valence-corrected chi connectivity index (χ0v) is 14.4. The number of H-pyrrole nitrogens is 1. The minimum Gasteiger partial charge on any atom is -0.361 e. The molecule has 2 atom stereocenters. The van der Waals surface area contributed by atoms with Gasteiger partial charge in [-0.15, -0.1) is 0 Å². The first-order chi connectivity index (χ1) is 11.6. The van der Waals surface area contributed by atoms with Gasteiger partial charge in [0.25, 0.3) is 0 Å². The summed E-state index contributed by atoms with van der Waals surface area (Å²) in [5.41, 5.74) is 5.05. The third kappa shape index (κ3) is 2.13. The summed E-state index contributed by atoms with van der Waals surface area (Å²) in [6, 6.07) is 6.65. The molecule has 4 nitrogen and oxygen atoms in total. The minimum atomic E-state index is -0.107. The van der Waals surface area contributed by atoms with Gasteiger partial charge in [0.15, 0.2) is 12.6 Å². The standard InChI is InChI=1S/C20H24N3O/c1-4-23(5-2)20(24)14-9-16-15-7-6-8-17-19(15)13(11-21-17)10-18(16)22(3)12-14/h6-9,11,14,18,21H,3-5,10,12H2,1-2H3/q+1/t14-,18-/m1/s1. The lowest BCUT2D eigenvalue weighted by Gasteiger charge is -2.31. The molecule has 0 bridgehead atoms. The van der Waals surface area contributed by atoms with E-state index < -0.39 is 0 Å². The highest BCUT2D eigenvalue weighted by Crippen LogP contribution is 2.40. The molecule has 0 unspecified atom stereocenters. The topological polar surface area (TPSA) is 39.1 Å². The average molecular weight is 322 g/mol. The van der Waals surface area contributed by atoms with Gasteiger partial charge in [0.2, 0.25) is 5.91 Å². The Morgan fingerprint density at radius 1 is 1.38 bits per heavy atom. The molecule has 0 fully saturated rings. The van der Waals surface area contributed by atoms with E-state index >= 15 is 0 Å². The van der Waals surface area contributed by atoms with Crippen LogP contribution in [0.4, 0.5) is 0 Å². The second kappa shape index (κ2) is 5.62. The molecule has 24 heavy (non-hydrogen) atoms. The van der Waals surface area contributed by atoms with Gasteiger partial charge in [-0.3, -0.25) is 4.79 Å². The number of carbonyl (C=O) groups is 1. The first kappa shape index (κ1) is 15.2. The number of amides is 1. The SMILES string of the molecule is C=[N+]1C[C@H](C(=O)N(CC)CC)C=C2c3cccc4[nH]cc(c34)C[C@H]21. The predicted molar refractivity (Wildman–Crippen MR) is 97.4 cm³/mol. The van der Waals surface area contributed by atoms with Crippen LogP contribution in [0.5, 0.6) is 0 Å². The molecule has 4 heteroatoms. The molecule has 1 aliphatic carbocycles. The van der Waals surface area contributed by atoms with E-state index in [0.717, 1.165) is 19.5 Å². The van der Waals surface area contributed by atoms with Crippen molar-refractivity contribution in [2.45, 2.75) is 26.3 Å². The van der Waals surface area contributed by atoms with Crippen LogP contribution < -0.4 is 0 Å². The van der Waals surface area contributed by atoms with Gasteiger partial charge >= 0.3 is 0 Å². The Bertz CT molecular complexity index is 857. The summed E-state index contributed by atoms with van der Waals surface area (Å²) in [5.74, 6) is 0.107. The Hall–Kier alpha value is -2.36. The number of nitrogens with zero attached hydrogens (tertiary/aromatic N) is 2. The molecular weight excluding hydrogens is 298 g/mol. The summed E-state index contributed by atoms with van der Waals surface area (Å²) in [4.78, 5) is 18.1. The second-order valence-electron chi connectivity index (χ2n) is 6.77. The lowest BCUT2D eigenvalue weighted by atomic mass is 9.80. The van der Waals surface area contributed by atoms with Gasteiger partial charge in [0.05, 0.1) is 0 Å². The molecule has 1 aromatic carbocycles. The normalized spacial score (nSPS) is 22.2. The van der Waals surface area contributed by atoms with Crippen LogP contribution in [0.25, 0.3) is 16.5 Å². The molecule has 1 amide bonds. The molecule has 1 aliphatic heterocycles. The van der Waals surface area contributed by atoms with Crippen LogP contribution in [-0.2, 0) is 11.2 Å². The van der Waals surface area contributed by atoms with Gasteiger partial charge < -0.3 is 9.88 Å². The number of rotatable bonds is 3. The summed E-state index contributed by atoms with van der Waals surface area (Å²) in [5, 5.41) is 1.31. The third-order valence-electron chi connectivity index (χ3n) is 5.52. The number of carbonyl (C=O) groups excluding carboxylic acids is 1. The Morgan fingerprint density at radius 3 is 2.92 bits per heavy atom. The van der Waals surface area contributed by atoms with Crippen LogP contribution in [0.1, 0.15) is 25.0 Å². The quantitative estimate of drug-likeness (QED) is 0.867. The highest BCUT2D eigenvalue weighted by atomic mass is 16.2. The van der Waals surface area contributed by atoms with Gasteiger partial charge in [0, 0.05) is 42.2 Å². The number of benzene rings is 1. The predicted octanol–water partition coefficient (Wildman–Crippen LogP) is 2.69. The number of fused-ring (bicyclic) bond motifs is 2. The zero-order valence-electron chi connectivity index (χ0n) is 14.4. The first-order valence-corrected chi connectivity index (χ1v) is 8.81. The molecule has 2 aliphatic rings.